The van der Waals surface area contributed by atoms with Crippen molar-refractivity contribution in [3.05, 3.63) is 64.7 Å². The normalized spacial score (nSPS) is 21.0. The van der Waals surface area contributed by atoms with Crippen molar-refractivity contribution in [3.63, 3.8) is 0 Å². The number of benzene rings is 2. The number of nitrogens with zero attached hydrogens (tertiary/aromatic N) is 2. The lowest BCUT2D eigenvalue weighted by Crippen LogP contribution is -2.51. The van der Waals surface area contributed by atoms with E-state index in [2.05, 4.69) is 0 Å². The highest BCUT2D eigenvalue weighted by Gasteiger charge is 2.46. The van der Waals surface area contributed by atoms with Gasteiger partial charge in [0.2, 0.25) is 11.8 Å². The van der Waals surface area contributed by atoms with Gasteiger partial charge in [0.25, 0.3) is 0 Å². The quantitative estimate of drug-likeness (QED) is 0.756. The first kappa shape index (κ1) is 19.8. The monoisotopic (exact) mass is 412 g/mol. The summed E-state index contributed by atoms with van der Waals surface area (Å²) in [5, 5.41) is 0.737. The van der Waals surface area contributed by atoms with Crippen molar-refractivity contribution < 1.29 is 14.3 Å². The van der Waals surface area contributed by atoms with Crippen LogP contribution in [0.3, 0.4) is 0 Å². The molecule has 1 saturated heterocycles. The third-order valence-electron chi connectivity index (χ3n) is 5.85. The number of ether oxygens (including phenoxy) is 1. The Bertz CT molecular complexity index is 909. The van der Waals surface area contributed by atoms with E-state index in [1.807, 2.05) is 58.3 Å². The molecule has 1 aliphatic carbocycles. The van der Waals surface area contributed by atoms with Gasteiger partial charge in [0, 0.05) is 37.1 Å². The SMILES string of the molecule is COc1cccc(CC(=O)N2CCN(C(=O)C3CC3c3ccccc3Cl)CC2)c1. The van der Waals surface area contributed by atoms with E-state index >= 15 is 0 Å². The fraction of sp³-hybridized carbons (Fsp3) is 0.391. The number of halogens is 1. The molecule has 2 fully saturated rings. The number of methoxy groups -OCH3 is 1. The molecule has 6 heteroatoms. The fourth-order valence-corrected chi connectivity index (χ4v) is 4.34. The summed E-state index contributed by atoms with van der Waals surface area (Å²) in [6.07, 6.45) is 1.21. The number of carbonyl (C=O) groups excluding carboxylic acids is 2. The summed E-state index contributed by atoms with van der Waals surface area (Å²) in [5.41, 5.74) is 2.01. The number of rotatable bonds is 5. The van der Waals surface area contributed by atoms with Crippen molar-refractivity contribution in [1.29, 1.82) is 0 Å². The van der Waals surface area contributed by atoms with E-state index in [0.29, 0.717) is 32.6 Å². The molecule has 4 rings (SSSR count). The Morgan fingerprint density at radius 3 is 2.48 bits per heavy atom. The molecule has 2 aromatic carbocycles. The van der Waals surface area contributed by atoms with Crippen molar-refractivity contribution in [1.82, 2.24) is 9.80 Å². The molecule has 2 amide bonds. The van der Waals surface area contributed by atoms with Crippen molar-refractivity contribution >= 4 is 23.4 Å². The number of hydrogen-bond donors (Lipinski definition) is 0. The average Bonchev–Trinajstić information content (AvgIpc) is 3.54. The molecule has 2 unspecified atom stereocenters. The zero-order chi connectivity index (χ0) is 20.4. The van der Waals surface area contributed by atoms with Crippen molar-refractivity contribution in [2.24, 2.45) is 5.92 Å². The molecule has 0 N–H and O–H groups in total. The molecule has 1 aliphatic heterocycles. The Hall–Kier alpha value is -2.53. The minimum absolute atomic E-state index is 0.0222. The van der Waals surface area contributed by atoms with Crippen molar-refractivity contribution in [3.8, 4) is 5.75 Å². The topological polar surface area (TPSA) is 49.9 Å². The molecule has 1 saturated carbocycles. The maximum absolute atomic E-state index is 12.9. The highest BCUT2D eigenvalue weighted by molar-refractivity contribution is 6.31. The minimum Gasteiger partial charge on any atom is -0.497 e. The molecule has 5 nitrogen and oxygen atoms in total. The predicted octanol–water partition coefficient (Wildman–Crippen LogP) is 3.37. The molecule has 152 valence electrons. The van der Waals surface area contributed by atoms with E-state index in [-0.39, 0.29) is 23.7 Å². The zero-order valence-electron chi connectivity index (χ0n) is 16.5. The van der Waals surface area contributed by atoms with Crippen molar-refractivity contribution in [2.45, 2.75) is 18.8 Å². The average molecular weight is 413 g/mol. The van der Waals surface area contributed by atoms with E-state index in [4.69, 9.17) is 16.3 Å². The summed E-state index contributed by atoms with van der Waals surface area (Å²) in [7, 11) is 1.62. The van der Waals surface area contributed by atoms with Gasteiger partial charge in [-0.05, 0) is 41.7 Å². The Labute approximate surface area is 176 Å². The van der Waals surface area contributed by atoms with Gasteiger partial charge in [-0.15, -0.1) is 0 Å². The van der Waals surface area contributed by atoms with Crippen LogP contribution in [0.1, 0.15) is 23.5 Å². The van der Waals surface area contributed by atoms with Crippen LogP contribution in [0.4, 0.5) is 0 Å². The zero-order valence-corrected chi connectivity index (χ0v) is 17.3. The van der Waals surface area contributed by atoms with Gasteiger partial charge in [0.15, 0.2) is 0 Å². The highest BCUT2D eigenvalue weighted by Crippen LogP contribution is 2.50. The summed E-state index contributed by atoms with van der Waals surface area (Å²) in [6, 6.07) is 15.3. The summed E-state index contributed by atoms with van der Waals surface area (Å²) < 4.78 is 5.22. The third-order valence-corrected chi connectivity index (χ3v) is 6.19. The van der Waals surface area contributed by atoms with Gasteiger partial charge in [-0.1, -0.05) is 41.9 Å². The maximum Gasteiger partial charge on any atom is 0.227 e. The molecular formula is C23H25ClN2O3. The summed E-state index contributed by atoms with van der Waals surface area (Å²) in [6.45, 7) is 2.35. The van der Waals surface area contributed by atoms with Crippen LogP contribution in [-0.4, -0.2) is 54.9 Å². The molecule has 0 radical (unpaired) electrons. The van der Waals surface area contributed by atoms with E-state index in [1.165, 1.54) is 0 Å². The molecule has 2 atom stereocenters. The van der Waals surface area contributed by atoms with Crippen LogP contribution in [0.25, 0.3) is 0 Å². The number of piperazine rings is 1. The van der Waals surface area contributed by atoms with E-state index < -0.39 is 0 Å². The second-order valence-corrected chi connectivity index (χ2v) is 8.11. The minimum atomic E-state index is 0.0222. The Kier molecular flexibility index (Phi) is 5.76. The first-order chi connectivity index (χ1) is 14.1. The standard InChI is InChI=1S/C23H25ClN2O3/c1-29-17-6-4-5-16(13-17)14-22(27)25-9-11-26(12-10-25)23(28)20-15-19(20)18-7-2-3-8-21(18)24/h2-8,13,19-20H,9-12,14-15H2,1H3. The fourth-order valence-electron chi connectivity index (χ4n) is 4.07. The van der Waals surface area contributed by atoms with Crippen LogP contribution >= 0.6 is 11.6 Å². The summed E-state index contributed by atoms with van der Waals surface area (Å²) in [4.78, 5) is 29.2. The van der Waals surface area contributed by atoms with E-state index in [0.717, 1.165) is 28.3 Å². The molecule has 1 heterocycles. The van der Waals surface area contributed by atoms with Gasteiger partial charge in [-0.25, -0.2) is 0 Å². The second-order valence-electron chi connectivity index (χ2n) is 7.70. The highest BCUT2D eigenvalue weighted by atomic mass is 35.5. The van der Waals surface area contributed by atoms with Gasteiger partial charge in [0.05, 0.1) is 13.5 Å². The maximum atomic E-state index is 12.9. The molecule has 2 aromatic rings. The summed E-state index contributed by atoms with van der Waals surface area (Å²) >= 11 is 6.28. The number of amides is 2. The van der Waals surface area contributed by atoms with Crippen LogP contribution < -0.4 is 4.74 Å². The molecule has 0 bridgehead atoms. The summed E-state index contributed by atoms with van der Waals surface area (Å²) in [5.74, 6) is 1.28. The lowest BCUT2D eigenvalue weighted by atomic mass is 10.1. The van der Waals surface area contributed by atoms with Gasteiger partial charge in [-0.2, -0.15) is 0 Å². The predicted molar refractivity (Wildman–Crippen MR) is 112 cm³/mol. The first-order valence-electron chi connectivity index (χ1n) is 10.0. The van der Waals surface area contributed by atoms with Crippen LogP contribution in [-0.2, 0) is 16.0 Å². The van der Waals surface area contributed by atoms with Crippen LogP contribution in [0.15, 0.2) is 48.5 Å². The van der Waals surface area contributed by atoms with Gasteiger partial charge in [-0.3, -0.25) is 9.59 Å². The Morgan fingerprint density at radius 2 is 1.76 bits per heavy atom. The van der Waals surface area contributed by atoms with Crippen LogP contribution in [0, 0.1) is 5.92 Å². The second kappa shape index (κ2) is 8.46. The van der Waals surface area contributed by atoms with Crippen molar-refractivity contribution in [2.75, 3.05) is 33.3 Å². The van der Waals surface area contributed by atoms with Gasteiger partial charge < -0.3 is 14.5 Å². The van der Waals surface area contributed by atoms with Crippen LogP contribution in [0.5, 0.6) is 5.75 Å². The molecule has 29 heavy (non-hydrogen) atoms. The van der Waals surface area contributed by atoms with Gasteiger partial charge >= 0.3 is 0 Å². The third kappa shape index (κ3) is 4.40. The largest absolute Gasteiger partial charge is 0.497 e. The molecule has 2 aliphatic rings. The van der Waals surface area contributed by atoms with Gasteiger partial charge in [0.1, 0.15) is 5.75 Å². The lowest BCUT2D eigenvalue weighted by Gasteiger charge is -2.35. The Balaban J connectivity index is 1.29. The Morgan fingerprint density at radius 1 is 1.03 bits per heavy atom. The molecule has 0 spiro atoms. The molecule has 0 aromatic heterocycles. The van der Waals surface area contributed by atoms with E-state index in [1.54, 1.807) is 7.11 Å². The number of carbonyl (C=O) groups is 2. The van der Waals surface area contributed by atoms with Crippen LogP contribution in [0.2, 0.25) is 5.02 Å². The number of hydrogen-bond acceptors (Lipinski definition) is 3. The van der Waals surface area contributed by atoms with E-state index in [9.17, 15) is 9.59 Å². The lowest BCUT2D eigenvalue weighted by molar-refractivity contribution is -0.140. The first-order valence-corrected chi connectivity index (χ1v) is 10.4. The molecular weight excluding hydrogens is 388 g/mol. The smallest absolute Gasteiger partial charge is 0.227 e.